The summed E-state index contributed by atoms with van der Waals surface area (Å²) in [5, 5.41) is 0.764. The standard InChI is InChI=1S/C16H16ClFN2O3S/c17-11-5-10(6-12(18)7-11)9-24-16-19-8-13(15(21)20-16)23-14-3-1-2-4-22-14/h5-8,14H,1-4,9H2,(H,19,20,21). The van der Waals surface area contributed by atoms with Gasteiger partial charge in [0, 0.05) is 17.2 Å². The van der Waals surface area contributed by atoms with Crippen LogP contribution in [0.2, 0.25) is 5.02 Å². The molecule has 0 radical (unpaired) electrons. The van der Waals surface area contributed by atoms with E-state index in [2.05, 4.69) is 9.97 Å². The van der Waals surface area contributed by atoms with E-state index in [1.165, 1.54) is 30.1 Å². The number of nitrogens with one attached hydrogen (secondary N) is 1. The Labute approximate surface area is 147 Å². The lowest BCUT2D eigenvalue weighted by atomic mass is 10.2. The van der Waals surface area contributed by atoms with Gasteiger partial charge in [-0.2, -0.15) is 0 Å². The van der Waals surface area contributed by atoms with Gasteiger partial charge in [0.2, 0.25) is 5.75 Å². The van der Waals surface area contributed by atoms with E-state index in [1.807, 2.05) is 0 Å². The van der Waals surface area contributed by atoms with Gasteiger partial charge in [-0.25, -0.2) is 9.37 Å². The van der Waals surface area contributed by atoms with Gasteiger partial charge in [0.25, 0.3) is 5.56 Å². The van der Waals surface area contributed by atoms with E-state index in [4.69, 9.17) is 21.1 Å². The second kappa shape index (κ2) is 8.00. The van der Waals surface area contributed by atoms with Gasteiger partial charge in [-0.1, -0.05) is 23.4 Å². The number of hydrogen-bond donors (Lipinski definition) is 1. The summed E-state index contributed by atoms with van der Waals surface area (Å²) >= 11 is 7.10. The lowest BCUT2D eigenvalue weighted by Gasteiger charge is -2.22. The van der Waals surface area contributed by atoms with Crippen molar-refractivity contribution in [2.75, 3.05) is 6.61 Å². The largest absolute Gasteiger partial charge is 0.458 e. The van der Waals surface area contributed by atoms with Crippen LogP contribution in [-0.4, -0.2) is 22.9 Å². The minimum Gasteiger partial charge on any atom is -0.458 e. The maximum absolute atomic E-state index is 13.3. The fraction of sp³-hybridized carbons (Fsp3) is 0.375. The SMILES string of the molecule is O=c1[nH]c(SCc2cc(F)cc(Cl)c2)ncc1OC1CCCCO1. The number of thioether (sulfide) groups is 1. The molecule has 1 aromatic heterocycles. The third-order valence-electron chi connectivity index (χ3n) is 3.44. The van der Waals surface area contributed by atoms with Gasteiger partial charge in [0.1, 0.15) is 5.82 Å². The van der Waals surface area contributed by atoms with E-state index in [0.29, 0.717) is 28.1 Å². The van der Waals surface area contributed by atoms with Crippen LogP contribution >= 0.6 is 23.4 Å². The average Bonchev–Trinajstić information content (AvgIpc) is 2.55. The van der Waals surface area contributed by atoms with Crippen LogP contribution in [0.5, 0.6) is 5.75 Å². The van der Waals surface area contributed by atoms with E-state index in [0.717, 1.165) is 19.3 Å². The van der Waals surface area contributed by atoms with Crippen molar-refractivity contribution in [3.05, 3.63) is 51.2 Å². The molecule has 1 aliphatic rings. The lowest BCUT2D eigenvalue weighted by Crippen LogP contribution is -2.27. The van der Waals surface area contributed by atoms with Crippen molar-refractivity contribution in [1.82, 2.24) is 9.97 Å². The first kappa shape index (κ1) is 17.3. The van der Waals surface area contributed by atoms with Gasteiger partial charge in [-0.05, 0) is 36.6 Å². The molecule has 1 saturated heterocycles. The number of H-pyrrole nitrogens is 1. The third-order valence-corrected chi connectivity index (χ3v) is 4.61. The minimum atomic E-state index is -0.394. The molecule has 24 heavy (non-hydrogen) atoms. The molecule has 1 unspecified atom stereocenters. The molecule has 8 heteroatoms. The molecule has 0 saturated carbocycles. The van der Waals surface area contributed by atoms with Crippen molar-refractivity contribution in [2.45, 2.75) is 36.5 Å². The van der Waals surface area contributed by atoms with Crippen molar-refractivity contribution in [2.24, 2.45) is 0 Å². The summed E-state index contributed by atoms with van der Waals surface area (Å²) in [6.45, 7) is 0.639. The van der Waals surface area contributed by atoms with Gasteiger partial charge in [0.05, 0.1) is 12.8 Å². The first-order chi connectivity index (χ1) is 11.6. The topological polar surface area (TPSA) is 64.2 Å². The van der Waals surface area contributed by atoms with E-state index < -0.39 is 12.1 Å². The number of benzene rings is 1. The number of nitrogens with zero attached hydrogens (tertiary/aromatic N) is 1. The zero-order chi connectivity index (χ0) is 16.9. The Kier molecular flexibility index (Phi) is 5.76. The molecule has 0 bridgehead atoms. The van der Waals surface area contributed by atoms with Crippen molar-refractivity contribution in [1.29, 1.82) is 0 Å². The molecular weight excluding hydrogens is 355 g/mol. The molecule has 3 rings (SSSR count). The van der Waals surface area contributed by atoms with Gasteiger partial charge in [-0.3, -0.25) is 9.78 Å². The molecule has 0 aliphatic carbocycles. The second-order valence-electron chi connectivity index (χ2n) is 5.36. The Hall–Kier alpha value is -1.57. The number of aromatic nitrogens is 2. The van der Waals surface area contributed by atoms with Crippen LogP contribution in [0.4, 0.5) is 4.39 Å². The summed E-state index contributed by atoms with van der Waals surface area (Å²) in [6, 6.07) is 4.32. The Morgan fingerprint density at radius 2 is 2.29 bits per heavy atom. The predicted octanol–water partition coefficient (Wildman–Crippen LogP) is 3.76. The van der Waals surface area contributed by atoms with Gasteiger partial charge >= 0.3 is 0 Å². The molecule has 1 fully saturated rings. The quantitative estimate of drug-likeness (QED) is 0.641. The van der Waals surface area contributed by atoms with Crippen LogP contribution in [0.25, 0.3) is 0 Å². The number of hydrogen-bond acceptors (Lipinski definition) is 5. The van der Waals surface area contributed by atoms with Crippen LogP contribution in [0.15, 0.2) is 34.3 Å². The summed E-state index contributed by atoms with van der Waals surface area (Å²) in [6.07, 6.45) is 3.77. The van der Waals surface area contributed by atoms with E-state index in [1.54, 1.807) is 6.07 Å². The van der Waals surface area contributed by atoms with Gasteiger partial charge in [0.15, 0.2) is 11.4 Å². The third kappa shape index (κ3) is 4.72. The molecule has 1 N–H and O–H groups in total. The Morgan fingerprint density at radius 3 is 3.00 bits per heavy atom. The number of rotatable bonds is 5. The molecule has 2 aromatic rings. The molecule has 2 heterocycles. The normalized spacial score (nSPS) is 17.7. The van der Waals surface area contributed by atoms with Gasteiger partial charge in [-0.15, -0.1) is 0 Å². The maximum atomic E-state index is 13.3. The molecule has 128 valence electrons. The Bertz CT molecular complexity index is 745. The maximum Gasteiger partial charge on any atom is 0.294 e. The van der Waals surface area contributed by atoms with Crippen LogP contribution in [0, 0.1) is 5.82 Å². The van der Waals surface area contributed by atoms with Crippen molar-refractivity contribution < 1.29 is 13.9 Å². The highest BCUT2D eigenvalue weighted by Gasteiger charge is 2.17. The zero-order valence-corrected chi connectivity index (χ0v) is 14.3. The average molecular weight is 371 g/mol. The molecule has 5 nitrogen and oxygen atoms in total. The second-order valence-corrected chi connectivity index (χ2v) is 6.76. The molecule has 1 aromatic carbocycles. The van der Waals surface area contributed by atoms with Crippen LogP contribution in [0.3, 0.4) is 0 Å². The van der Waals surface area contributed by atoms with E-state index in [-0.39, 0.29) is 11.3 Å². The highest BCUT2D eigenvalue weighted by atomic mass is 35.5. The van der Waals surface area contributed by atoms with E-state index in [9.17, 15) is 9.18 Å². The Balaban J connectivity index is 1.62. The van der Waals surface area contributed by atoms with Crippen LogP contribution in [0.1, 0.15) is 24.8 Å². The van der Waals surface area contributed by atoms with Crippen molar-refractivity contribution in [3.8, 4) is 5.75 Å². The first-order valence-electron chi connectivity index (χ1n) is 7.55. The van der Waals surface area contributed by atoms with Crippen LogP contribution in [-0.2, 0) is 10.5 Å². The smallest absolute Gasteiger partial charge is 0.294 e. The molecule has 1 aliphatic heterocycles. The fourth-order valence-corrected chi connectivity index (χ4v) is 3.32. The number of ether oxygens (including phenoxy) is 2. The summed E-state index contributed by atoms with van der Waals surface area (Å²) in [4.78, 5) is 18.9. The van der Waals surface area contributed by atoms with Crippen molar-refractivity contribution in [3.63, 3.8) is 0 Å². The molecule has 0 amide bonds. The number of halogens is 2. The predicted molar refractivity (Wildman–Crippen MR) is 90.0 cm³/mol. The fourth-order valence-electron chi connectivity index (χ4n) is 2.32. The molecular formula is C16H16ClFN2O3S. The Morgan fingerprint density at radius 1 is 1.42 bits per heavy atom. The number of aromatic amines is 1. The summed E-state index contributed by atoms with van der Waals surface area (Å²) < 4.78 is 24.3. The summed E-state index contributed by atoms with van der Waals surface area (Å²) in [5.41, 5.74) is 0.350. The monoisotopic (exact) mass is 370 g/mol. The summed E-state index contributed by atoms with van der Waals surface area (Å²) in [5.74, 6) is 0.183. The van der Waals surface area contributed by atoms with E-state index >= 15 is 0 Å². The van der Waals surface area contributed by atoms with Gasteiger partial charge < -0.3 is 9.47 Å². The zero-order valence-electron chi connectivity index (χ0n) is 12.8. The molecule has 0 spiro atoms. The lowest BCUT2D eigenvalue weighted by molar-refractivity contribution is -0.106. The van der Waals surface area contributed by atoms with Crippen molar-refractivity contribution >= 4 is 23.4 Å². The highest BCUT2D eigenvalue weighted by molar-refractivity contribution is 7.98. The molecule has 1 atom stereocenters. The van der Waals surface area contributed by atoms with Crippen LogP contribution < -0.4 is 10.3 Å². The minimum absolute atomic E-state index is 0.139. The first-order valence-corrected chi connectivity index (χ1v) is 8.92. The summed E-state index contributed by atoms with van der Waals surface area (Å²) in [7, 11) is 0. The highest BCUT2D eigenvalue weighted by Crippen LogP contribution is 2.22.